The second-order valence-electron chi connectivity index (χ2n) is 9.05. The van der Waals surface area contributed by atoms with Gasteiger partial charge in [-0.2, -0.15) is 0 Å². The zero-order chi connectivity index (χ0) is 17.6. The van der Waals surface area contributed by atoms with Crippen LogP contribution in [0.1, 0.15) is 90.4 Å². The van der Waals surface area contributed by atoms with Gasteiger partial charge in [-0.05, 0) is 87.9 Å². The van der Waals surface area contributed by atoms with Gasteiger partial charge < -0.3 is 4.74 Å². The van der Waals surface area contributed by atoms with Crippen LogP contribution in [0.3, 0.4) is 0 Å². The lowest BCUT2D eigenvalue weighted by molar-refractivity contribution is -0.157. The fraction of sp³-hybridized carbons (Fsp3) is 0.870. The SMILES string of the molecule is C=CC1CCC(OC(=O)C2CCC(C3CCC(CCC)C3)CC2)CC1. The molecule has 2 atom stereocenters. The van der Waals surface area contributed by atoms with Crippen molar-refractivity contribution in [3.05, 3.63) is 12.7 Å². The summed E-state index contributed by atoms with van der Waals surface area (Å²) in [4.78, 5) is 12.5. The normalized spacial score (nSPS) is 39.1. The van der Waals surface area contributed by atoms with Crippen molar-refractivity contribution in [2.75, 3.05) is 0 Å². The standard InChI is InChI=1S/C23H38O2/c1-3-5-18-6-9-21(16-18)19-10-12-20(13-11-19)23(24)25-22-14-7-17(4-2)8-15-22/h4,17-22H,2-3,5-16H2,1H3. The van der Waals surface area contributed by atoms with Crippen LogP contribution < -0.4 is 0 Å². The first-order valence-electron chi connectivity index (χ1n) is 11.0. The number of esters is 1. The van der Waals surface area contributed by atoms with Crippen LogP contribution in [0.25, 0.3) is 0 Å². The predicted octanol–water partition coefficient (Wildman–Crippen LogP) is 6.30. The number of hydrogen-bond donors (Lipinski definition) is 0. The van der Waals surface area contributed by atoms with E-state index in [4.69, 9.17) is 4.74 Å². The van der Waals surface area contributed by atoms with Crippen LogP contribution >= 0.6 is 0 Å². The second-order valence-corrected chi connectivity index (χ2v) is 9.05. The fourth-order valence-electron chi connectivity index (χ4n) is 5.74. The van der Waals surface area contributed by atoms with E-state index in [1.54, 1.807) is 0 Å². The van der Waals surface area contributed by atoms with Crippen molar-refractivity contribution in [1.29, 1.82) is 0 Å². The maximum Gasteiger partial charge on any atom is 0.309 e. The van der Waals surface area contributed by atoms with Crippen molar-refractivity contribution >= 4 is 5.97 Å². The van der Waals surface area contributed by atoms with Crippen LogP contribution in [-0.4, -0.2) is 12.1 Å². The highest BCUT2D eigenvalue weighted by molar-refractivity contribution is 5.72. The predicted molar refractivity (Wildman–Crippen MR) is 103 cm³/mol. The Hall–Kier alpha value is -0.790. The zero-order valence-corrected chi connectivity index (χ0v) is 16.3. The van der Waals surface area contributed by atoms with E-state index in [0.717, 1.165) is 56.3 Å². The molecule has 3 saturated carbocycles. The number of ether oxygens (including phenoxy) is 1. The topological polar surface area (TPSA) is 26.3 Å². The Labute approximate surface area is 154 Å². The summed E-state index contributed by atoms with van der Waals surface area (Å²) in [6.45, 7) is 6.20. The van der Waals surface area contributed by atoms with E-state index in [0.29, 0.717) is 5.92 Å². The maximum atomic E-state index is 12.5. The quantitative estimate of drug-likeness (QED) is 0.417. The Morgan fingerprint density at radius 3 is 2.28 bits per heavy atom. The van der Waals surface area contributed by atoms with Crippen LogP contribution in [0, 0.1) is 29.6 Å². The number of carbonyl (C=O) groups excluding carboxylic acids is 1. The summed E-state index contributed by atoms with van der Waals surface area (Å²) in [5.74, 6) is 3.74. The van der Waals surface area contributed by atoms with Gasteiger partial charge >= 0.3 is 5.97 Å². The summed E-state index contributed by atoms with van der Waals surface area (Å²) >= 11 is 0. The molecule has 0 heterocycles. The van der Waals surface area contributed by atoms with Gasteiger partial charge in [0.05, 0.1) is 5.92 Å². The molecule has 2 heteroatoms. The molecule has 3 rings (SSSR count). The molecule has 0 saturated heterocycles. The molecule has 25 heavy (non-hydrogen) atoms. The Morgan fingerprint density at radius 1 is 0.960 bits per heavy atom. The van der Waals surface area contributed by atoms with Crippen molar-refractivity contribution < 1.29 is 9.53 Å². The van der Waals surface area contributed by atoms with Crippen molar-refractivity contribution in [3.8, 4) is 0 Å². The number of rotatable bonds is 6. The smallest absolute Gasteiger partial charge is 0.309 e. The number of allylic oxidation sites excluding steroid dienone is 1. The van der Waals surface area contributed by atoms with Gasteiger partial charge in [-0.1, -0.05) is 32.3 Å². The largest absolute Gasteiger partial charge is 0.462 e. The van der Waals surface area contributed by atoms with Crippen LogP contribution in [-0.2, 0) is 9.53 Å². The van der Waals surface area contributed by atoms with E-state index < -0.39 is 0 Å². The van der Waals surface area contributed by atoms with Crippen LogP contribution in [0.15, 0.2) is 12.7 Å². The highest BCUT2D eigenvalue weighted by Gasteiger charge is 2.35. The molecule has 2 unspecified atom stereocenters. The Morgan fingerprint density at radius 2 is 1.64 bits per heavy atom. The van der Waals surface area contributed by atoms with Gasteiger partial charge in [-0.25, -0.2) is 0 Å². The number of hydrogen-bond acceptors (Lipinski definition) is 2. The van der Waals surface area contributed by atoms with E-state index in [1.807, 2.05) is 0 Å². The Bertz CT molecular complexity index is 427. The van der Waals surface area contributed by atoms with Crippen molar-refractivity contribution in [1.82, 2.24) is 0 Å². The summed E-state index contributed by atoms with van der Waals surface area (Å²) in [5, 5.41) is 0. The lowest BCUT2D eigenvalue weighted by Gasteiger charge is -2.33. The molecule has 3 fully saturated rings. The molecule has 0 bridgehead atoms. The third-order valence-electron chi connectivity index (χ3n) is 7.39. The second kappa shape index (κ2) is 9.24. The summed E-state index contributed by atoms with van der Waals surface area (Å²) in [6.07, 6.45) is 18.3. The molecule has 2 nitrogen and oxygen atoms in total. The van der Waals surface area contributed by atoms with Crippen molar-refractivity contribution in [2.24, 2.45) is 29.6 Å². The molecule has 0 aromatic heterocycles. The number of carbonyl (C=O) groups is 1. The average Bonchev–Trinajstić information content (AvgIpc) is 3.11. The first kappa shape index (κ1) is 19.0. The molecule has 0 N–H and O–H groups in total. The third-order valence-corrected chi connectivity index (χ3v) is 7.39. The average molecular weight is 347 g/mol. The van der Waals surface area contributed by atoms with E-state index >= 15 is 0 Å². The van der Waals surface area contributed by atoms with Gasteiger partial charge in [0.1, 0.15) is 6.10 Å². The van der Waals surface area contributed by atoms with Gasteiger partial charge in [-0.15, -0.1) is 6.58 Å². The lowest BCUT2D eigenvalue weighted by atomic mass is 9.75. The minimum Gasteiger partial charge on any atom is -0.462 e. The van der Waals surface area contributed by atoms with Crippen molar-refractivity contribution in [3.63, 3.8) is 0 Å². The molecule has 0 aliphatic heterocycles. The van der Waals surface area contributed by atoms with Gasteiger partial charge in [-0.3, -0.25) is 4.79 Å². The molecule has 3 aliphatic carbocycles. The molecule has 0 radical (unpaired) electrons. The van der Waals surface area contributed by atoms with Gasteiger partial charge in [0.2, 0.25) is 0 Å². The molecule has 0 aromatic carbocycles. The molecule has 142 valence electrons. The van der Waals surface area contributed by atoms with Crippen LogP contribution in [0.2, 0.25) is 0 Å². The molecular weight excluding hydrogens is 308 g/mol. The molecular formula is C23H38O2. The summed E-state index contributed by atoms with van der Waals surface area (Å²) in [5.41, 5.74) is 0. The Balaban J connectivity index is 1.37. The lowest BCUT2D eigenvalue weighted by Crippen LogP contribution is -2.31. The van der Waals surface area contributed by atoms with Gasteiger partial charge in [0.25, 0.3) is 0 Å². The van der Waals surface area contributed by atoms with Crippen LogP contribution in [0.5, 0.6) is 0 Å². The molecule has 3 aliphatic rings. The molecule has 0 spiro atoms. The Kier molecular flexibility index (Phi) is 7.01. The van der Waals surface area contributed by atoms with Gasteiger partial charge in [0.15, 0.2) is 0 Å². The summed E-state index contributed by atoms with van der Waals surface area (Å²) in [6, 6.07) is 0. The van der Waals surface area contributed by atoms with Gasteiger partial charge in [0, 0.05) is 0 Å². The molecule has 0 amide bonds. The van der Waals surface area contributed by atoms with E-state index in [-0.39, 0.29) is 18.0 Å². The monoisotopic (exact) mass is 346 g/mol. The fourth-order valence-corrected chi connectivity index (χ4v) is 5.74. The minimum absolute atomic E-state index is 0.107. The van der Waals surface area contributed by atoms with Crippen molar-refractivity contribution in [2.45, 2.75) is 96.5 Å². The zero-order valence-electron chi connectivity index (χ0n) is 16.3. The van der Waals surface area contributed by atoms with E-state index in [1.165, 1.54) is 44.9 Å². The first-order valence-corrected chi connectivity index (χ1v) is 11.0. The summed E-state index contributed by atoms with van der Waals surface area (Å²) in [7, 11) is 0. The first-order chi connectivity index (χ1) is 12.2. The molecule has 0 aromatic rings. The maximum absolute atomic E-state index is 12.5. The minimum atomic E-state index is 0.107. The highest BCUT2D eigenvalue weighted by atomic mass is 16.5. The highest BCUT2D eigenvalue weighted by Crippen LogP contribution is 2.44. The van der Waals surface area contributed by atoms with E-state index in [2.05, 4.69) is 19.6 Å². The van der Waals surface area contributed by atoms with E-state index in [9.17, 15) is 4.79 Å². The summed E-state index contributed by atoms with van der Waals surface area (Å²) < 4.78 is 5.86. The third kappa shape index (κ3) is 5.11. The van der Waals surface area contributed by atoms with Crippen LogP contribution in [0.4, 0.5) is 0 Å².